The van der Waals surface area contributed by atoms with E-state index < -0.39 is 0 Å². The summed E-state index contributed by atoms with van der Waals surface area (Å²) in [5.41, 5.74) is 8.05. The first-order valence-electron chi connectivity index (χ1n) is 8.01. The zero-order valence-electron chi connectivity index (χ0n) is 12.9. The van der Waals surface area contributed by atoms with Crippen molar-refractivity contribution in [2.24, 2.45) is 11.8 Å². The summed E-state index contributed by atoms with van der Waals surface area (Å²) < 4.78 is 0. The van der Waals surface area contributed by atoms with Gasteiger partial charge in [-0.3, -0.25) is 0 Å². The molecule has 2 aliphatic rings. The largest absolute Gasteiger partial charge is 0.368 e. The second-order valence-corrected chi connectivity index (χ2v) is 6.90. The lowest BCUT2D eigenvalue weighted by atomic mass is 10.0. The van der Waals surface area contributed by atoms with Crippen molar-refractivity contribution >= 4 is 23.4 Å². The van der Waals surface area contributed by atoms with Crippen LogP contribution in [0.25, 0.3) is 0 Å². The van der Waals surface area contributed by atoms with Crippen molar-refractivity contribution in [1.82, 2.24) is 15.3 Å². The molecule has 6 heteroatoms. The minimum Gasteiger partial charge on any atom is -0.368 e. The zero-order chi connectivity index (χ0) is 15.8. The van der Waals surface area contributed by atoms with Crippen LogP contribution in [-0.2, 0) is 6.42 Å². The van der Waals surface area contributed by atoms with Crippen LogP contribution < -0.4 is 16.0 Å². The van der Waals surface area contributed by atoms with Crippen molar-refractivity contribution in [3.63, 3.8) is 0 Å². The summed E-state index contributed by atoms with van der Waals surface area (Å²) in [6, 6.07) is 9.91. The van der Waals surface area contributed by atoms with E-state index in [1.807, 2.05) is 24.3 Å². The summed E-state index contributed by atoms with van der Waals surface area (Å²) in [4.78, 5) is 11.2. The maximum atomic E-state index is 5.94. The summed E-state index contributed by atoms with van der Waals surface area (Å²) in [6.07, 6.45) is 0.735. The zero-order valence-corrected chi connectivity index (χ0v) is 13.6. The first-order valence-corrected chi connectivity index (χ1v) is 8.39. The van der Waals surface area contributed by atoms with Crippen molar-refractivity contribution in [2.75, 3.05) is 36.8 Å². The quantitative estimate of drug-likeness (QED) is 0.901. The highest BCUT2D eigenvalue weighted by molar-refractivity contribution is 6.30. The fraction of sp³-hybridized carbons (Fsp3) is 0.412. The number of rotatable bonds is 3. The van der Waals surface area contributed by atoms with Crippen LogP contribution >= 0.6 is 11.6 Å². The lowest BCUT2D eigenvalue weighted by Crippen LogP contribution is -2.26. The molecule has 0 radical (unpaired) electrons. The molecule has 0 unspecified atom stereocenters. The molecule has 0 spiro atoms. The van der Waals surface area contributed by atoms with Gasteiger partial charge in [0, 0.05) is 43.7 Å². The van der Waals surface area contributed by atoms with Crippen molar-refractivity contribution in [3.05, 3.63) is 46.6 Å². The molecule has 2 aromatic rings. The number of aromatic nitrogens is 2. The average Bonchev–Trinajstić information content (AvgIpc) is 3.10. The molecule has 2 fully saturated rings. The van der Waals surface area contributed by atoms with Gasteiger partial charge in [-0.15, -0.1) is 0 Å². The van der Waals surface area contributed by atoms with Crippen molar-refractivity contribution < 1.29 is 0 Å². The van der Waals surface area contributed by atoms with E-state index in [0.717, 1.165) is 61.0 Å². The van der Waals surface area contributed by atoms with Gasteiger partial charge in [0.05, 0.1) is 5.69 Å². The number of nitrogens with zero attached hydrogens (tertiary/aromatic N) is 3. The Morgan fingerprint density at radius 2 is 1.83 bits per heavy atom. The molecular weight excluding hydrogens is 310 g/mol. The van der Waals surface area contributed by atoms with E-state index in [0.29, 0.717) is 5.95 Å². The number of nitrogen functional groups attached to an aromatic ring is 1. The Hall–Kier alpha value is -1.85. The van der Waals surface area contributed by atoms with Gasteiger partial charge in [0.15, 0.2) is 0 Å². The highest BCUT2D eigenvalue weighted by Crippen LogP contribution is 2.30. The molecule has 2 atom stereocenters. The van der Waals surface area contributed by atoms with Gasteiger partial charge in [-0.25, -0.2) is 4.98 Å². The van der Waals surface area contributed by atoms with E-state index in [4.69, 9.17) is 17.3 Å². The summed E-state index contributed by atoms with van der Waals surface area (Å²) in [5, 5.41) is 4.21. The Bertz CT molecular complexity index is 691. The van der Waals surface area contributed by atoms with E-state index in [9.17, 15) is 0 Å². The molecule has 3 heterocycles. The lowest BCUT2D eigenvalue weighted by molar-refractivity contribution is 0.533. The van der Waals surface area contributed by atoms with Crippen molar-refractivity contribution in [1.29, 1.82) is 0 Å². The van der Waals surface area contributed by atoms with E-state index in [1.165, 1.54) is 5.56 Å². The maximum Gasteiger partial charge on any atom is 0.222 e. The molecule has 0 aliphatic carbocycles. The van der Waals surface area contributed by atoms with Crippen LogP contribution in [-0.4, -0.2) is 36.1 Å². The second-order valence-electron chi connectivity index (χ2n) is 6.46. The van der Waals surface area contributed by atoms with Crippen molar-refractivity contribution in [2.45, 2.75) is 6.42 Å². The van der Waals surface area contributed by atoms with E-state index >= 15 is 0 Å². The van der Waals surface area contributed by atoms with Crippen LogP contribution in [0.15, 0.2) is 30.3 Å². The van der Waals surface area contributed by atoms with Gasteiger partial charge in [0.1, 0.15) is 5.82 Å². The molecule has 2 saturated heterocycles. The van der Waals surface area contributed by atoms with Gasteiger partial charge in [-0.1, -0.05) is 23.7 Å². The predicted molar refractivity (Wildman–Crippen MR) is 92.8 cm³/mol. The van der Waals surface area contributed by atoms with Gasteiger partial charge in [0.25, 0.3) is 0 Å². The third-order valence-electron chi connectivity index (χ3n) is 4.79. The molecule has 0 amide bonds. The molecule has 3 N–H and O–H groups in total. The fourth-order valence-electron chi connectivity index (χ4n) is 3.61. The number of benzene rings is 1. The molecule has 1 aromatic heterocycles. The van der Waals surface area contributed by atoms with Crippen LogP contribution in [0.3, 0.4) is 0 Å². The SMILES string of the molecule is Nc1nc(Cc2ccc(Cl)cc2)cc(N2C[C@H]3CNC[C@H]3C2)n1. The van der Waals surface area contributed by atoms with Crippen LogP contribution in [0.1, 0.15) is 11.3 Å². The number of hydrogen-bond donors (Lipinski definition) is 2. The number of halogens is 1. The minimum absolute atomic E-state index is 0.349. The number of nitrogens with one attached hydrogen (secondary N) is 1. The minimum atomic E-state index is 0.349. The molecule has 1 aromatic carbocycles. The Kier molecular flexibility index (Phi) is 3.83. The molecule has 0 saturated carbocycles. The first kappa shape index (κ1) is 14.7. The summed E-state index contributed by atoms with van der Waals surface area (Å²) in [7, 11) is 0. The third kappa shape index (κ3) is 3.12. The fourth-order valence-corrected chi connectivity index (χ4v) is 3.74. The Morgan fingerprint density at radius 1 is 1.13 bits per heavy atom. The molecule has 0 bridgehead atoms. The summed E-state index contributed by atoms with van der Waals surface area (Å²) >= 11 is 5.94. The number of nitrogens with two attached hydrogens (primary N) is 1. The standard InChI is InChI=1S/C17H20ClN5/c18-14-3-1-11(2-4-14)5-15-6-16(22-17(19)21-15)23-9-12-7-20-8-13(12)10-23/h1-4,6,12-13,20H,5,7-10H2,(H2,19,21,22)/t12-,13+. The van der Waals surface area contributed by atoms with Crippen molar-refractivity contribution in [3.8, 4) is 0 Å². The molecule has 2 aliphatic heterocycles. The Labute approximate surface area is 140 Å². The van der Waals surface area contributed by atoms with Crippen LogP contribution in [0.2, 0.25) is 5.02 Å². The lowest BCUT2D eigenvalue weighted by Gasteiger charge is -2.19. The Morgan fingerprint density at radius 3 is 2.52 bits per heavy atom. The topological polar surface area (TPSA) is 67.1 Å². The molecule has 5 nitrogen and oxygen atoms in total. The normalized spacial score (nSPS) is 23.3. The van der Waals surface area contributed by atoms with E-state index in [2.05, 4.69) is 26.3 Å². The first-order chi connectivity index (χ1) is 11.2. The molecule has 4 rings (SSSR count). The summed E-state index contributed by atoms with van der Waals surface area (Å²) in [6.45, 7) is 4.32. The molecule has 120 valence electrons. The van der Waals surface area contributed by atoms with Crippen LogP contribution in [0.5, 0.6) is 0 Å². The van der Waals surface area contributed by atoms with E-state index in [-0.39, 0.29) is 0 Å². The highest BCUT2D eigenvalue weighted by Gasteiger charge is 2.36. The van der Waals surface area contributed by atoms with E-state index in [1.54, 1.807) is 0 Å². The molecular formula is C17H20ClN5. The third-order valence-corrected chi connectivity index (χ3v) is 5.05. The smallest absolute Gasteiger partial charge is 0.222 e. The summed E-state index contributed by atoms with van der Waals surface area (Å²) in [5.74, 6) is 2.76. The van der Waals surface area contributed by atoms with Gasteiger partial charge in [-0.05, 0) is 29.5 Å². The number of hydrogen-bond acceptors (Lipinski definition) is 5. The van der Waals surface area contributed by atoms with Crippen LogP contribution in [0.4, 0.5) is 11.8 Å². The number of fused-ring (bicyclic) bond motifs is 1. The highest BCUT2D eigenvalue weighted by atomic mass is 35.5. The predicted octanol–water partition coefficient (Wildman–Crippen LogP) is 1.96. The molecule has 23 heavy (non-hydrogen) atoms. The number of anilines is 2. The van der Waals surface area contributed by atoms with Gasteiger partial charge < -0.3 is 16.0 Å². The van der Waals surface area contributed by atoms with Gasteiger partial charge in [-0.2, -0.15) is 4.98 Å². The monoisotopic (exact) mass is 329 g/mol. The Balaban J connectivity index is 1.55. The van der Waals surface area contributed by atoms with Gasteiger partial charge in [0.2, 0.25) is 5.95 Å². The van der Waals surface area contributed by atoms with Gasteiger partial charge >= 0.3 is 0 Å². The second kappa shape index (κ2) is 5.98. The average molecular weight is 330 g/mol. The maximum absolute atomic E-state index is 5.94. The van der Waals surface area contributed by atoms with Crippen LogP contribution in [0, 0.1) is 11.8 Å².